The van der Waals surface area contributed by atoms with Crippen molar-refractivity contribution in [1.29, 1.82) is 0 Å². The van der Waals surface area contributed by atoms with Crippen LogP contribution in [0.25, 0.3) is 0 Å². The first-order valence-corrected chi connectivity index (χ1v) is 7.52. The Bertz CT molecular complexity index is 513. The summed E-state index contributed by atoms with van der Waals surface area (Å²) in [7, 11) is 1.55. The topological polar surface area (TPSA) is 75.6 Å². The molecular weight excluding hydrogens is 278 g/mol. The summed E-state index contributed by atoms with van der Waals surface area (Å²) in [6.07, 6.45) is 3.14. The van der Waals surface area contributed by atoms with Crippen LogP contribution in [0.15, 0.2) is 11.4 Å². The fraction of sp³-hybridized carbons (Fsp3) is 0.571. The zero-order valence-corrected chi connectivity index (χ0v) is 12.5. The quantitative estimate of drug-likeness (QED) is 0.895. The van der Waals surface area contributed by atoms with Crippen LogP contribution in [0.3, 0.4) is 0 Å². The van der Waals surface area contributed by atoms with Gasteiger partial charge in [-0.25, -0.2) is 0 Å². The first-order chi connectivity index (χ1) is 9.46. The van der Waals surface area contributed by atoms with Crippen molar-refractivity contribution in [3.63, 3.8) is 0 Å². The molecule has 1 aromatic heterocycles. The van der Waals surface area contributed by atoms with Gasteiger partial charge in [0.15, 0.2) is 0 Å². The lowest BCUT2D eigenvalue weighted by molar-refractivity contribution is -0.145. The van der Waals surface area contributed by atoms with E-state index in [2.05, 4.69) is 5.32 Å². The van der Waals surface area contributed by atoms with Gasteiger partial charge in [0.25, 0.3) is 5.91 Å². The van der Waals surface area contributed by atoms with Crippen molar-refractivity contribution in [2.45, 2.75) is 38.1 Å². The highest BCUT2D eigenvalue weighted by Gasteiger charge is 2.42. The predicted octanol–water partition coefficient (Wildman–Crippen LogP) is 2.52. The maximum Gasteiger partial charge on any atom is 0.308 e. The van der Waals surface area contributed by atoms with E-state index in [9.17, 15) is 14.7 Å². The smallest absolute Gasteiger partial charge is 0.308 e. The summed E-state index contributed by atoms with van der Waals surface area (Å²) in [4.78, 5) is 24.2. The van der Waals surface area contributed by atoms with Crippen molar-refractivity contribution in [2.75, 3.05) is 7.11 Å². The number of methoxy groups -OCH3 is 1. The largest absolute Gasteiger partial charge is 0.496 e. The average molecular weight is 297 g/mol. The van der Waals surface area contributed by atoms with Gasteiger partial charge in [-0.05, 0) is 19.8 Å². The lowest BCUT2D eigenvalue weighted by Crippen LogP contribution is -2.55. The highest BCUT2D eigenvalue weighted by molar-refractivity contribution is 7.12. The molecule has 1 aliphatic carbocycles. The molecule has 1 aliphatic rings. The van der Waals surface area contributed by atoms with Gasteiger partial charge in [0.2, 0.25) is 0 Å². The van der Waals surface area contributed by atoms with Crippen LogP contribution in [-0.4, -0.2) is 29.6 Å². The number of hydrogen-bond donors (Lipinski definition) is 2. The molecular formula is C14H19NO4S. The van der Waals surface area contributed by atoms with Crippen LogP contribution >= 0.6 is 11.3 Å². The normalized spacial score (nSPS) is 26.0. The molecule has 1 aromatic rings. The maximum atomic E-state index is 12.3. The van der Waals surface area contributed by atoms with E-state index < -0.39 is 17.4 Å². The third kappa shape index (κ3) is 2.95. The third-order valence-electron chi connectivity index (χ3n) is 3.94. The van der Waals surface area contributed by atoms with E-state index in [1.807, 2.05) is 6.92 Å². The standard InChI is InChI=1S/C14H19NO4S/c1-14(6-4-3-5-10(14)13(17)18)15-12(16)11-7-9(19-2)8-20-11/h7-8,10H,3-6H2,1-2H3,(H,15,16)(H,17,18). The first-order valence-electron chi connectivity index (χ1n) is 6.64. The second-order valence-electron chi connectivity index (χ2n) is 5.36. The SMILES string of the molecule is COc1csc(C(=O)NC2(C)CCCCC2C(=O)O)c1. The Morgan fingerprint density at radius 3 is 2.85 bits per heavy atom. The monoisotopic (exact) mass is 297 g/mol. The molecule has 2 unspecified atom stereocenters. The number of rotatable bonds is 4. The fourth-order valence-corrected chi connectivity index (χ4v) is 3.49. The van der Waals surface area contributed by atoms with Crippen molar-refractivity contribution >= 4 is 23.2 Å². The molecule has 5 nitrogen and oxygen atoms in total. The maximum absolute atomic E-state index is 12.3. The van der Waals surface area contributed by atoms with Crippen LogP contribution in [-0.2, 0) is 4.79 Å². The van der Waals surface area contributed by atoms with Crippen molar-refractivity contribution < 1.29 is 19.4 Å². The van der Waals surface area contributed by atoms with Gasteiger partial charge in [-0.3, -0.25) is 9.59 Å². The Morgan fingerprint density at radius 2 is 2.25 bits per heavy atom. The lowest BCUT2D eigenvalue weighted by Gasteiger charge is -2.39. The lowest BCUT2D eigenvalue weighted by atomic mass is 9.74. The van der Waals surface area contributed by atoms with Gasteiger partial charge in [-0.15, -0.1) is 11.3 Å². The van der Waals surface area contributed by atoms with Crippen LogP contribution in [0.4, 0.5) is 0 Å². The Morgan fingerprint density at radius 1 is 1.50 bits per heavy atom. The van der Waals surface area contributed by atoms with Gasteiger partial charge in [-0.2, -0.15) is 0 Å². The van der Waals surface area contributed by atoms with Crippen molar-refractivity contribution in [3.8, 4) is 5.75 Å². The molecule has 2 atom stereocenters. The molecule has 6 heteroatoms. The number of aliphatic carboxylic acids is 1. The summed E-state index contributed by atoms with van der Waals surface area (Å²) in [5.41, 5.74) is -0.682. The summed E-state index contributed by atoms with van der Waals surface area (Å²) in [6.45, 7) is 1.83. The third-order valence-corrected chi connectivity index (χ3v) is 4.85. The predicted molar refractivity (Wildman–Crippen MR) is 76.3 cm³/mol. The number of thiophene rings is 1. The van der Waals surface area contributed by atoms with Crippen molar-refractivity contribution in [2.24, 2.45) is 5.92 Å². The van der Waals surface area contributed by atoms with E-state index in [4.69, 9.17) is 4.74 Å². The number of nitrogens with one attached hydrogen (secondary N) is 1. The Kier molecular flexibility index (Phi) is 4.32. The Balaban J connectivity index is 2.13. The van der Waals surface area contributed by atoms with E-state index in [1.54, 1.807) is 18.6 Å². The number of hydrogen-bond acceptors (Lipinski definition) is 4. The van der Waals surface area contributed by atoms with E-state index in [0.29, 0.717) is 23.5 Å². The van der Waals surface area contributed by atoms with Gasteiger partial charge in [0.1, 0.15) is 5.75 Å². The number of carboxylic acids is 1. The molecule has 0 bridgehead atoms. The molecule has 1 saturated carbocycles. The van der Waals surface area contributed by atoms with E-state index in [1.165, 1.54) is 11.3 Å². The second kappa shape index (κ2) is 5.83. The van der Waals surface area contributed by atoms with Crippen molar-refractivity contribution in [3.05, 3.63) is 16.3 Å². The number of carbonyl (C=O) groups is 2. The number of carboxylic acid groups (broad SMARTS) is 1. The van der Waals surface area contributed by atoms with Gasteiger partial charge < -0.3 is 15.2 Å². The Hall–Kier alpha value is -1.56. The molecule has 2 N–H and O–H groups in total. The van der Waals surface area contributed by atoms with E-state index >= 15 is 0 Å². The molecule has 1 heterocycles. The molecule has 110 valence electrons. The summed E-state index contributed by atoms with van der Waals surface area (Å²) >= 11 is 1.29. The highest BCUT2D eigenvalue weighted by Crippen LogP contribution is 2.34. The number of carbonyl (C=O) groups excluding carboxylic acids is 1. The molecule has 0 saturated heterocycles. The zero-order chi connectivity index (χ0) is 14.8. The summed E-state index contributed by atoms with van der Waals surface area (Å²) < 4.78 is 5.06. The highest BCUT2D eigenvalue weighted by atomic mass is 32.1. The summed E-state index contributed by atoms with van der Waals surface area (Å²) in [5, 5.41) is 14.0. The zero-order valence-electron chi connectivity index (χ0n) is 11.6. The van der Waals surface area contributed by atoms with Gasteiger partial charge in [0.05, 0.1) is 23.4 Å². The van der Waals surface area contributed by atoms with Gasteiger partial charge in [0, 0.05) is 11.4 Å². The van der Waals surface area contributed by atoms with Crippen LogP contribution in [0.2, 0.25) is 0 Å². The molecule has 1 amide bonds. The van der Waals surface area contributed by atoms with E-state index in [0.717, 1.165) is 12.8 Å². The first kappa shape index (κ1) is 14.8. The minimum atomic E-state index is -0.837. The Labute approximate surface area is 121 Å². The molecule has 0 radical (unpaired) electrons. The van der Waals surface area contributed by atoms with Crippen LogP contribution in [0.1, 0.15) is 42.3 Å². The average Bonchev–Trinajstić information content (AvgIpc) is 2.87. The molecule has 0 aliphatic heterocycles. The van der Waals surface area contributed by atoms with Gasteiger partial charge >= 0.3 is 5.97 Å². The van der Waals surface area contributed by atoms with Crippen LogP contribution in [0, 0.1) is 5.92 Å². The van der Waals surface area contributed by atoms with Crippen LogP contribution < -0.4 is 10.1 Å². The molecule has 1 fully saturated rings. The second-order valence-corrected chi connectivity index (χ2v) is 6.27. The minimum absolute atomic E-state index is 0.228. The molecule has 0 spiro atoms. The van der Waals surface area contributed by atoms with Gasteiger partial charge in [-0.1, -0.05) is 12.8 Å². The fourth-order valence-electron chi connectivity index (χ4n) is 2.74. The number of amides is 1. The number of ether oxygens (including phenoxy) is 1. The molecule has 20 heavy (non-hydrogen) atoms. The van der Waals surface area contributed by atoms with Crippen molar-refractivity contribution in [1.82, 2.24) is 5.32 Å². The van der Waals surface area contributed by atoms with E-state index in [-0.39, 0.29) is 5.91 Å². The summed E-state index contributed by atoms with van der Waals surface area (Å²) in [6, 6.07) is 1.67. The minimum Gasteiger partial charge on any atom is -0.496 e. The molecule has 2 rings (SSSR count). The summed E-state index contributed by atoms with van der Waals surface area (Å²) in [5.74, 6) is -0.948. The molecule has 0 aromatic carbocycles. The van der Waals surface area contributed by atoms with Crippen LogP contribution in [0.5, 0.6) is 5.75 Å².